The van der Waals surface area contributed by atoms with Crippen molar-refractivity contribution >= 4 is 11.9 Å². The third kappa shape index (κ3) is 12.4. The molecule has 0 rings (SSSR count). The van der Waals surface area contributed by atoms with E-state index in [4.69, 9.17) is 9.47 Å². The predicted molar refractivity (Wildman–Crippen MR) is 84.0 cm³/mol. The summed E-state index contributed by atoms with van der Waals surface area (Å²) in [6.45, 7) is 7.26. The molecule has 0 amide bonds. The minimum absolute atomic E-state index is 0.120. The largest absolute Gasteiger partial charge is 0.466 e. The highest BCUT2D eigenvalue weighted by Crippen LogP contribution is 2.08. The Morgan fingerprint density at radius 3 is 1.95 bits per heavy atom. The average molecular weight is 300 g/mol. The average Bonchev–Trinajstić information content (AvgIpc) is 2.49. The Hall–Kier alpha value is -1.06. The molecule has 124 valence electrons. The van der Waals surface area contributed by atoms with Crippen molar-refractivity contribution in [2.24, 2.45) is 5.92 Å². The van der Waals surface area contributed by atoms with Crippen LogP contribution in [0.2, 0.25) is 0 Å². The highest BCUT2D eigenvalue weighted by Gasteiger charge is 2.11. The van der Waals surface area contributed by atoms with Crippen LogP contribution < -0.4 is 0 Å². The fraction of sp³-hybridized carbons (Fsp3) is 0.882. The highest BCUT2D eigenvalue weighted by molar-refractivity contribution is 5.77. The zero-order valence-corrected chi connectivity index (χ0v) is 14.0. The Morgan fingerprint density at radius 1 is 0.810 bits per heavy atom. The van der Waals surface area contributed by atoms with Gasteiger partial charge in [-0.05, 0) is 12.3 Å². The van der Waals surface area contributed by atoms with Gasteiger partial charge in [-0.15, -0.1) is 0 Å². The van der Waals surface area contributed by atoms with Crippen molar-refractivity contribution in [2.45, 2.75) is 78.6 Å². The minimum Gasteiger partial charge on any atom is -0.466 e. The van der Waals surface area contributed by atoms with E-state index >= 15 is 0 Å². The van der Waals surface area contributed by atoms with Gasteiger partial charge in [-0.25, -0.2) is 0 Å². The van der Waals surface area contributed by atoms with Gasteiger partial charge >= 0.3 is 11.9 Å². The number of carbonyl (C=O) groups is 2. The smallest absolute Gasteiger partial charge is 0.306 e. The number of unbranched alkanes of at least 4 members (excludes halogenated alkanes) is 4. The third-order valence-corrected chi connectivity index (χ3v) is 3.68. The standard InChI is InChI=1S/C17H32O4/c1-4-7-8-9-10-13-20-16(18)11-12-17(19)21-14-15(5-2)6-3/h15H,4-14H2,1-3H3. The van der Waals surface area contributed by atoms with Crippen molar-refractivity contribution in [3.05, 3.63) is 0 Å². The number of carbonyl (C=O) groups excluding carboxylic acids is 2. The molecule has 0 unspecified atom stereocenters. The Morgan fingerprint density at radius 2 is 1.38 bits per heavy atom. The molecule has 0 saturated heterocycles. The third-order valence-electron chi connectivity index (χ3n) is 3.68. The second kappa shape index (κ2) is 13.9. The lowest BCUT2D eigenvalue weighted by Gasteiger charge is -2.12. The van der Waals surface area contributed by atoms with Crippen molar-refractivity contribution in [1.82, 2.24) is 0 Å². The van der Waals surface area contributed by atoms with Crippen LogP contribution in [0.1, 0.15) is 78.6 Å². The molecule has 0 aliphatic carbocycles. The van der Waals surface area contributed by atoms with E-state index in [9.17, 15) is 9.59 Å². The maximum Gasteiger partial charge on any atom is 0.306 e. The summed E-state index contributed by atoms with van der Waals surface area (Å²) in [7, 11) is 0. The van der Waals surface area contributed by atoms with Gasteiger partial charge in [-0.2, -0.15) is 0 Å². The van der Waals surface area contributed by atoms with Crippen LogP contribution in [-0.4, -0.2) is 25.2 Å². The van der Waals surface area contributed by atoms with Crippen molar-refractivity contribution in [1.29, 1.82) is 0 Å². The fourth-order valence-corrected chi connectivity index (χ4v) is 1.98. The molecule has 0 bridgehead atoms. The van der Waals surface area contributed by atoms with E-state index in [1.54, 1.807) is 0 Å². The van der Waals surface area contributed by atoms with Gasteiger partial charge in [0.05, 0.1) is 26.1 Å². The van der Waals surface area contributed by atoms with Crippen molar-refractivity contribution in [3.8, 4) is 0 Å². The van der Waals surface area contributed by atoms with Crippen LogP contribution in [0.4, 0.5) is 0 Å². The van der Waals surface area contributed by atoms with Crippen molar-refractivity contribution in [3.63, 3.8) is 0 Å². The van der Waals surface area contributed by atoms with Gasteiger partial charge < -0.3 is 9.47 Å². The molecule has 0 aromatic heterocycles. The Bertz CT molecular complexity index is 272. The van der Waals surface area contributed by atoms with E-state index in [1.165, 1.54) is 19.3 Å². The number of hydrogen-bond acceptors (Lipinski definition) is 4. The second-order valence-electron chi connectivity index (χ2n) is 5.50. The summed E-state index contributed by atoms with van der Waals surface area (Å²) in [6, 6.07) is 0. The summed E-state index contributed by atoms with van der Waals surface area (Å²) >= 11 is 0. The first kappa shape index (κ1) is 19.9. The van der Waals surface area contributed by atoms with Crippen LogP contribution >= 0.6 is 0 Å². The zero-order valence-electron chi connectivity index (χ0n) is 14.0. The monoisotopic (exact) mass is 300 g/mol. The molecule has 0 saturated carbocycles. The first-order chi connectivity index (χ1) is 10.1. The maximum atomic E-state index is 11.5. The van der Waals surface area contributed by atoms with Gasteiger partial charge in [-0.1, -0.05) is 59.3 Å². The van der Waals surface area contributed by atoms with Gasteiger partial charge in [0, 0.05) is 0 Å². The molecule has 0 aliphatic rings. The summed E-state index contributed by atoms with van der Waals surface area (Å²) in [4.78, 5) is 23.0. The topological polar surface area (TPSA) is 52.6 Å². The van der Waals surface area contributed by atoms with Crippen molar-refractivity contribution < 1.29 is 19.1 Å². The number of ether oxygens (including phenoxy) is 2. The lowest BCUT2D eigenvalue weighted by Crippen LogP contribution is -2.15. The zero-order chi connectivity index (χ0) is 15.9. The molecule has 0 radical (unpaired) electrons. The normalized spacial score (nSPS) is 10.7. The molecular formula is C17H32O4. The lowest BCUT2D eigenvalue weighted by atomic mass is 10.1. The fourth-order valence-electron chi connectivity index (χ4n) is 1.98. The second-order valence-corrected chi connectivity index (χ2v) is 5.50. The summed E-state index contributed by atoms with van der Waals surface area (Å²) in [5, 5.41) is 0. The van der Waals surface area contributed by atoms with E-state index in [0.717, 1.165) is 25.7 Å². The van der Waals surface area contributed by atoms with Crippen LogP contribution in [0.3, 0.4) is 0 Å². The van der Waals surface area contributed by atoms with Gasteiger partial charge in [0.15, 0.2) is 0 Å². The van der Waals surface area contributed by atoms with Crippen LogP contribution in [0.15, 0.2) is 0 Å². The number of hydrogen-bond donors (Lipinski definition) is 0. The van der Waals surface area contributed by atoms with Gasteiger partial charge in [0.1, 0.15) is 0 Å². The molecule has 0 N–H and O–H groups in total. The van der Waals surface area contributed by atoms with Gasteiger partial charge in [-0.3, -0.25) is 9.59 Å². The molecule has 0 aliphatic heterocycles. The molecule has 0 atom stereocenters. The summed E-state index contributed by atoms with van der Waals surface area (Å²) in [5.41, 5.74) is 0. The maximum absolute atomic E-state index is 11.5. The van der Waals surface area contributed by atoms with E-state index in [0.29, 0.717) is 19.1 Å². The molecule has 0 aromatic carbocycles. The molecule has 4 nitrogen and oxygen atoms in total. The van der Waals surface area contributed by atoms with Gasteiger partial charge in [0.2, 0.25) is 0 Å². The van der Waals surface area contributed by atoms with Crippen LogP contribution in [0.25, 0.3) is 0 Å². The minimum atomic E-state index is -0.304. The van der Waals surface area contributed by atoms with Gasteiger partial charge in [0.25, 0.3) is 0 Å². The Kier molecular flexibility index (Phi) is 13.2. The Labute approximate surface area is 129 Å². The molecule has 0 heterocycles. The van der Waals surface area contributed by atoms with Crippen LogP contribution in [0.5, 0.6) is 0 Å². The van der Waals surface area contributed by atoms with E-state index in [1.807, 2.05) is 0 Å². The van der Waals surface area contributed by atoms with Crippen LogP contribution in [0, 0.1) is 5.92 Å². The van der Waals surface area contributed by atoms with Crippen LogP contribution in [-0.2, 0) is 19.1 Å². The first-order valence-electron chi connectivity index (χ1n) is 8.45. The Balaban J connectivity index is 3.52. The summed E-state index contributed by atoms with van der Waals surface area (Å²) in [6.07, 6.45) is 7.88. The molecule has 4 heteroatoms. The lowest BCUT2D eigenvalue weighted by molar-refractivity contribution is -0.151. The first-order valence-corrected chi connectivity index (χ1v) is 8.45. The molecule has 0 aromatic rings. The summed E-state index contributed by atoms with van der Waals surface area (Å²) in [5.74, 6) is -0.184. The predicted octanol–water partition coefficient (Wildman–Crippen LogP) is 4.26. The highest BCUT2D eigenvalue weighted by atomic mass is 16.5. The SMILES string of the molecule is CCCCCCCOC(=O)CCC(=O)OCC(CC)CC. The quantitative estimate of drug-likeness (QED) is 0.377. The molecule has 0 spiro atoms. The van der Waals surface area contributed by atoms with E-state index in [2.05, 4.69) is 20.8 Å². The molecule has 0 fully saturated rings. The van der Waals surface area contributed by atoms with E-state index in [-0.39, 0.29) is 24.8 Å². The van der Waals surface area contributed by atoms with E-state index < -0.39 is 0 Å². The van der Waals surface area contributed by atoms with Crippen molar-refractivity contribution in [2.75, 3.05) is 13.2 Å². The number of rotatable bonds is 13. The molecular weight excluding hydrogens is 268 g/mol. The summed E-state index contributed by atoms with van der Waals surface area (Å²) < 4.78 is 10.3. The number of esters is 2. The molecule has 21 heavy (non-hydrogen) atoms.